The number of rotatable bonds is 3. The van der Waals surface area contributed by atoms with Crippen molar-refractivity contribution in [2.75, 3.05) is 26.2 Å². The number of alkyl halides is 3. The van der Waals surface area contributed by atoms with Gasteiger partial charge in [-0.1, -0.05) is 0 Å². The largest absolute Gasteiger partial charge is 0.440 e. The minimum absolute atomic E-state index is 0.0780. The van der Waals surface area contributed by atoms with Gasteiger partial charge in [0.1, 0.15) is 0 Å². The van der Waals surface area contributed by atoms with Crippen LogP contribution in [0.5, 0.6) is 0 Å². The summed E-state index contributed by atoms with van der Waals surface area (Å²) >= 11 is 0. The highest BCUT2D eigenvalue weighted by Gasteiger charge is 2.32. The molecule has 8 heteroatoms. The Morgan fingerprint density at radius 2 is 1.89 bits per heavy atom. The van der Waals surface area contributed by atoms with Crippen LogP contribution in [-0.4, -0.2) is 49.3 Å². The lowest BCUT2D eigenvalue weighted by Crippen LogP contribution is -2.43. The molecule has 0 aromatic heterocycles. The van der Waals surface area contributed by atoms with Gasteiger partial charge in [0.2, 0.25) is 5.91 Å². The number of carbonyl (C=O) groups is 2. The van der Waals surface area contributed by atoms with Gasteiger partial charge in [-0.2, -0.15) is 13.2 Å². The molecule has 1 aliphatic rings. The number of nitrogens with one attached hydrogen (secondary N) is 1. The fourth-order valence-corrected chi connectivity index (χ4v) is 1.88. The van der Waals surface area contributed by atoms with Gasteiger partial charge < -0.3 is 15.0 Å². The third-order valence-electron chi connectivity index (χ3n) is 2.83. The fourth-order valence-electron chi connectivity index (χ4n) is 1.88. The Kier molecular flexibility index (Phi) is 5.44. The van der Waals surface area contributed by atoms with Crippen LogP contribution in [0.3, 0.4) is 0 Å². The van der Waals surface area contributed by atoms with E-state index < -0.39 is 18.9 Å². The van der Waals surface area contributed by atoms with Crippen molar-refractivity contribution in [1.82, 2.24) is 10.2 Å². The van der Waals surface area contributed by atoms with Crippen molar-refractivity contribution in [3.63, 3.8) is 0 Å². The molecule has 1 N–H and O–H groups in total. The van der Waals surface area contributed by atoms with E-state index in [2.05, 4.69) is 10.1 Å². The topological polar surface area (TPSA) is 58.6 Å². The van der Waals surface area contributed by atoms with Crippen LogP contribution in [0.25, 0.3) is 0 Å². The third-order valence-corrected chi connectivity index (χ3v) is 2.83. The number of ether oxygens (including phenoxy) is 1. The summed E-state index contributed by atoms with van der Waals surface area (Å²) in [4.78, 5) is 24.1. The molecule has 0 atom stereocenters. The molecular weight excluding hydrogens is 265 g/mol. The molecule has 0 radical (unpaired) electrons. The highest BCUT2D eigenvalue weighted by molar-refractivity contribution is 5.79. The maximum absolute atomic E-state index is 11.9. The van der Waals surface area contributed by atoms with Crippen molar-refractivity contribution in [2.24, 2.45) is 5.92 Å². The molecule has 1 aliphatic heterocycles. The highest BCUT2D eigenvalue weighted by Crippen LogP contribution is 2.19. The number of amides is 2. The van der Waals surface area contributed by atoms with Gasteiger partial charge in [0, 0.05) is 25.6 Å². The van der Waals surface area contributed by atoms with Gasteiger partial charge in [0.25, 0.3) is 0 Å². The van der Waals surface area contributed by atoms with Crippen molar-refractivity contribution in [2.45, 2.75) is 25.9 Å². The maximum atomic E-state index is 11.9. The second kappa shape index (κ2) is 6.63. The second-order valence-corrected chi connectivity index (χ2v) is 4.33. The fraction of sp³-hybridized carbons (Fsp3) is 0.818. The van der Waals surface area contributed by atoms with E-state index in [1.165, 1.54) is 4.90 Å². The molecule has 0 aliphatic carbocycles. The Bertz CT molecular complexity index is 326. The molecule has 19 heavy (non-hydrogen) atoms. The number of piperidine rings is 1. The Hall–Kier alpha value is -1.47. The van der Waals surface area contributed by atoms with E-state index in [4.69, 9.17) is 0 Å². The highest BCUT2D eigenvalue weighted by atomic mass is 19.4. The van der Waals surface area contributed by atoms with Crippen LogP contribution in [0.2, 0.25) is 0 Å². The van der Waals surface area contributed by atoms with Crippen LogP contribution < -0.4 is 5.32 Å². The molecule has 0 spiro atoms. The first-order valence-electron chi connectivity index (χ1n) is 6.09. The molecule has 0 aromatic carbocycles. The summed E-state index contributed by atoms with van der Waals surface area (Å²) in [5.74, 6) is -0.266. The van der Waals surface area contributed by atoms with E-state index in [9.17, 15) is 22.8 Å². The Balaban J connectivity index is 2.33. The average Bonchev–Trinajstić information content (AvgIpc) is 2.35. The van der Waals surface area contributed by atoms with Gasteiger partial charge in [-0.3, -0.25) is 4.79 Å². The zero-order chi connectivity index (χ0) is 14.5. The zero-order valence-corrected chi connectivity index (χ0v) is 10.6. The van der Waals surface area contributed by atoms with Crippen LogP contribution in [-0.2, 0) is 9.53 Å². The lowest BCUT2D eigenvalue weighted by atomic mass is 9.96. The van der Waals surface area contributed by atoms with Crippen LogP contribution in [0.15, 0.2) is 0 Å². The van der Waals surface area contributed by atoms with Gasteiger partial charge in [0.05, 0.1) is 0 Å². The van der Waals surface area contributed by atoms with Gasteiger partial charge in [0.15, 0.2) is 6.61 Å². The van der Waals surface area contributed by atoms with E-state index in [0.717, 1.165) is 0 Å². The number of hydrogen-bond donors (Lipinski definition) is 1. The molecule has 1 heterocycles. The van der Waals surface area contributed by atoms with E-state index in [-0.39, 0.29) is 24.9 Å². The van der Waals surface area contributed by atoms with Crippen molar-refractivity contribution in [3.8, 4) is 0 Å². The predicted octanol–water partition coefficient (Wildman–Crippen LogP) is 1.53. The van der Waals surface area contributed by atoms with Gasteiger partial charge in [-0.05, 0) is 19.8 Å². The quantitative estimate of drug-likeness (QED) is 0.854. The predicted molar refractivity (Wildman–Crippen MR) is 60.4 cm³/mol. The minimum atomic E-state index is -4.52. The molecule has 5 nitrogen and oxygen atoms in total. The molecule has 110 valence electrons. The zero-order valence-electron chi connectivity index (χ0n) is 10.6. The third kappa shape index (κ3) is 5.35. The molecule has 0 saturated carbocycles. The van der Waals surface area contributed by atoms with E-state index in [1.807, 2.05) is 6.92 Å². The number of nitrogens with zero attached hydrogens (tertiary/aromatic N) is 1. The molecule has 1 fully saturated rings. The summed E-state index contributed by atoms with van der Waals surface area (Å²) in [7, 11) is 0. The monoisotopic (exact) mass is 282 g/mol. The molecular formula is C11H17F3N2O3. The number of carbonyl (C=O) groups excluding carboxylic acids is 2. The smallest absolute Gasteiger partial charge is 0.422 e. The average molecular weight is 282 g/mol. The van der Waals surface area contributed by atoms with Crippen LogP contribution >= 0.6 is 0 Å². The lowest BCUT2D eigenvalue weighted by molar-refractivity contribution is -0.162. The van der Waals surface area contributed by atoms with Crippen molar-refractivity contribution >= 4 is 12.0 Å². The first-order chi connectivity index (χ1) is 8.83. The summed E-state index contributed by atoms with van der Waals surface area (Å²) in [6.45, 7) is 1.23. The summed E-state index contributed by atoms with van der Waals surface area (Å²) in [5, 5.41) is 2.68. The standard InChI is InChI=1S/C11H17F3N2O3/c1-2-15-9(17)8-3-5-16(6-4-8)10(18)19-7-11(12,13)14/h8H,2-7H2,1H3,(H,15,17). The molecule has 0 unspecified atom stereocenters. The summed E-state index contributed by atoms with van der Waals surface area (Å²) in [5.41, 5.74) is 0. The van der Waals surface area contributed by atoms with Crippen molar-refractivity contribution < 1.29 is 27.5 Å². The number of likely N-dealkylation sites (tertiary alicyclic amines) is 1. The first kappa shape index (κ1) is 15.6. The van der Waals surface area contributed by atoms with Crippen molar-refractivity contribution in [3.05, 3.63) is 0 Å². The van der Waals surface area contributed by atoms with Gasteiger partial charge in [-0.25, -0.2) is 4.79 Å². The SMILES string of the molecule is CCNC(=O)C1CCN(C(=O)OCC(F)(F)F)CC1. The molecule has 0 aromatic rings. The second-order valence-electron chi connectivity index (χ2n) is 4.33. The number of hydrogen-bond acceptors (Lipinski definition) is 3. The van der Waals surface area contributed by atoms with Crippen LogP contribution in [0.1, 0.15) is 19.8 Å². The van der Waals surface area contributed by atoms with Crippen molar-refractivity contribution in [1.29, 1.82) is 0 Å². The Morgan fingerprint density at radius 1 is 1.32 bits per heavy atom. The normalized spacial score (nSPS) is 17.2. The lowest BCUT2D eigenvalue weighted by Gasteiger charge is -2.30. The minimum Gasteiger partial charge on any atom is -0.440 e. The number of halogens is 3. The van der Waals surface area contributed by atoms with E-state index in [0.29, 0.717) is 19.4 Å². The van der Waals surface area contributed by atoms with E-state index in [1.54, 1.807) is 0 Å². The van der Waals surface area contributed by atoms with E-state index >= 15 is 0 Å². The van der Waals surface area contributed by atoms with Crippen LogP contribution in [0.4, 0.5) is 18.0 Å². The van der Waals surface area contributed by atoms with Gasteiger partial charge in [-0.15, -0.1) is 0 Å². The molecule has 1 rings (SSSR count). The summed E-state index contributed by atoms with van der Waals surface area (Å²) < 4.78 is 39.8. The first-order valence-corrected chi connectivity index (χ1v) is 6.09. The maximum Gasteiger partial charge on any atom is 0.422 e. The van der Waals surface area contributed by atoms with Gasteiger partial charge >= 0.3 is 12.3 Å². The summed E-state index contributed by atoms with van der Waals surface area (Å²) in [6.07, 6.45) is -4.62. The molecule has 2 amide bonds. The summed E-state index contributed by atoms with van der Waals surface area (Å²) in [6, 6.07) is 0. The molecule has 0 bridgehead atoms. The Labute approximate surface area is 109 Å². The van der Waals surface area contributed by atoms with Crippen LogP contribution in [0, 0.1) is 5.92 Å². The Morgan fingerprint density at radius 3 is 2.37 bits per heavy atom. The molecule has 1 saturated heterocycles.